The molecular weight excluding hydrogens is 224 g/mol. The van der Waals surface area contributed by atoms with Crippen molar-refractivity contribution in [1.82, 2.24) is 0 Å². The van der Waals surface area contributed by atoms with E-state index in [-0.39, 0.29) is 16.5 Å². The van der Waals surface area contributed by atoms with Crippen molar-refractivity contribution in [1.29, 1.82) is 0 Å². The summed E-state index contributed by atoms with van der Waals surface area (Å²) in [6.07, 6.45) is 15.7. The van der Waals surface area contributed by atoms with Crippen LogP contribution in [-0.4, -0.2) is 22.3 Å². The monoisotopic (exact) mass is 243 g/mol. The van der Waals surface area contributed by atoms with Crippen molar-refractivity contribution in [3.63, 3.8) is 0 Å². The van der Waals surface area contributed by atoms with Gasteiger partial charge in [0.2, 0.25) is 0 Å². The molecule has 94 valence electrons. The van der Waals surface area contributed by atoms with Crippen LogP contribution in [0.5, 0.6) is 0 Å². The second-order valence-corrected chi connectivity index (χ2v) is 5.04. The van der Waals surface area contributed by atoms with Crippen LogP contribution in [0.2, 0.25) is 0 Å². The van der Waals surface area contributed by atoms with E-state index in [1.807, 2.05) is 13.8 Å². The topological polar surface area (TPSA) is 29.4 Å². The van der Waals surface area contributed by atoms with Crippen molar-refractivity contribution < 1.29 is 9.39 Å². The van der Waals surface area contributed by atoms with Gasteiger partial charge >= 0.3 is 5.91 Å². The van der Waals surface area contributed by atoms with E-state index >= 15 is 0 Å². The van der Waals surface area contributed by atoms with E-state index in [9.17, 15) is 4.79 Å². The Hall–Kier alpha value is -1.66. The number of amides is 1. The zero-order chi connectivity index (χ0) is 13.2. The maximum atomic E-state index is 12.0. The van der Waals surface area contributed by atoms with E-state index in [4.69, 9.17) is 6.42 Å². The fourth-order valence-electron chi connectivity index (χ4n) is 2.37. The number of carbonyl (C=O) groups is 1. The van der Waals surface area contributed by atoms with Crippen molar-refractivity contribution in [3.8, 4) is 12.5 Å². The van der Waals surface area contributed by atoms with Crippen LogP contribution in [0.3, 0.4) is 0 Å². The molecule has 0 fully saturated rings. The number of hydrogen-bond acceptors (Lipinski definition) is 2. The van der Waals surface area contributed by atoms with Gasteiger partial charge in [-0.3, -0.25) is 0 Å². The van der Waals surface area contributed by atoms with Gasteiger partial charge in [-0.25, -0.2) is 4.79 Å². The van der Waals surface area contributed by atoms with Crippen LogP contribution in [0.1, 0.15) is 39.5 Å². The van der Waals surface area contributed by atoms with Crippen LogP contribution in [0.15, 0.2) is 28.9 Å². The van der Waals surface area contributed by atoms with Gasteiger partial charge in [-0.2, -0.15) is 0 Å². The summed E-state index contributed by atoms with van der Waals surface area (Å²) < 4.78 is -0.261. The van der Waals surface area contributed by atoms with Crippen LogP contribution in [0.25, 0.3) is 0 Å². The van der Waals surface area contributed by atoms with Gasteiger partial charge in [-0.1, -0.05) is 22.2 Å². The quantitative estimate of drug-likeness (QED) is 0.541. The minimum absolute atomic E-state index is 0.0494. The van der Waals surface area contributed by atoms with Gasteiger partial charge < -0.3 is 0 Å². The Balaban J connectivity index is 2.41. The summed E-state index contributed by atoms with van der Waals surface area (Å²) in [4.78, 5) is 12.0. The van der Waals surface area contributed by atoms with Gasteiger partial charge in [-0.05, 0) is 51.2 Å². The Labute approximate surface area is 108 Å². The maximum Gasteiger partial charge on any atom is 0.378 e. The number of carbonyl (C=O) groups excluding carboxylic acids is 1. The van der Waals surface area contributed by atoms with Crippen molar-refractivity contribution in [2.45, 2.75) is 45.6 Å². The van der Waals surface area contributed by atoms with E-state index in [1.165, 1.54) is 18.4 Å². The molecule has 0 spiro atoms. The molecule has 3 nitrogen and oxygen atoms in total. The highest BCUT2D eigenvalue weighted by atomic mass is 16.2. The van der Waals surface area contributed by atoms with E-state index in [0.29, 0.717) is 0 Å². The van der Waals surface area contributed by atoms with Crippen LogP contribution in [-0.2, 0) is 4.79 Å². The van der Waals surface area contributed by atoms with Crippen molar-refractivity contribution in [2.75, 3.05) is 0 Å². The average molecular weight is 243 g/mol. The third-order valence-corrected chi connectivity index (χ3v) is 3.55. The molecule has 0 N–H and O–H groups in total. The molecule has 3 heteroatoms. The lowest BCUT2D eigenvalue weighted by atomic mass is 9.95. The second kappa shape index (κ2) is 4.91. The summed E-state index contributed by atoms with van der Waals surface area (Å²) in [5.74, 6) is -0.132. The number of allylic oxidation sites excluding steroid dienone is 3. The molecule has 0 aromatic heterocycles. The smallest absolute Gasteiger partial charge is 0.222 e. The van der Waals surface area contributed by atoms with Crippen LogP contribution in [0.4, 0.5) is 0 Å². The Kier molecular flexibility index (Phi) is 3.49. The average Bonchev–Trinajstić information content (AvgIpc) is 2.40. The first-order valence-electron chi connectivity index (χ1n) is 6.49. The molecule has 0 aromatic carbocycles. The molecule has 0 saturated heterocycles. The fraction of sp³-hybridized carbons (Fsp3) is 0.467. The maximum absolute atomic E-state index is 12.0. The number of nitrogens with zero attached hydrogens (tertiary/aromatic N) is 2. The molecule has 1 amide bonds. The van der Waals surface area contributed by atoms with Gasteiger partial charge in [0.15, 0.2) is 6.04 Å². The molecule has 1 unspecified atom stereocenters. The SMILES string of the molecule is C#C[N+]1(C(C)C)N=C(C2=CCCCC2)C=CC1=O. The van der Waals surface area contributed by atoms with Crippen LogP contribution < -0.4 is 0 Å². The lowest BCUT2D eigenvalue weighted by Crippen LogP contribution is -2.50. The first-order chi connectivity index (χ1) is 8.60. The van der Waals surface area contributed by atoms with Crippen LogP contribution in [0, 0.1) is 12.5 Å². The summed E-state index contributed by atoms with van der Waals surface area (Å²) in [7, 11) is 0. The summed E-state index contributed by atoms with van der Waals surface area (Å²) >= 11 is 0. The van der Waals surface area contributed by atoms with Crippen molar-refractivity contribution in [3.05, 3.63) is 23.8 Å². The van der Waals surface area contributed by atoms with Crippen LogP contribution >= 0.6 is 0 Å². The summed E-state index contributed by atoms with van der Waals surface area (Å²) in [5, 5.41) is 4.55. The molecule has 1 atom stereocenters. The standard InChI is InChI=1S/C15H19N2O/c1-4-17(12(2)3)15(18)11-10-14(16-17)13-8-6-5-7-9-13/h1,8,10-12H,5-7,9H2,2-3H3/q+1. The van der Waals surface area contributed by atoms with Gasteiger partial charge in [0.25, 0.3) is 0 Å². The van der Waals surface area contributed by atoms with Crippen molar-refractivity contribution in [2.24, 2.45) is 5.10 Å². The van der Waals surface area contributed by atoms with Crippen molar-refractivity contribution >= 4 is 11.6 Å². The molecule has 0 bridgehead atoms. The lowest BCUT2D eigenvalue weighted by Gasteiger charge is -2.28. The van der Waals surface area contributed by atoms with Gasteiger partial charge in [-0.15, -0.1) is 0 Å². The van der Waals surface area contributed by atoms with Gasteiger partial charge in [0.1, 0.15) is 11.8 Å². The van der Waals surface area contributed by atoms with Gasteiger partial charge in [0.05, 0.1) is 0 Å². The number of rotatable bonds is 2. The molecule has 2 aliphatic rings. The molecular formula is C15H19N2O+. The number of terminal acetylenes is 1. The van der Waals surface area contributed by atoms with E-state index in [2.05, 4.69) is 17.2 Å². The first-order valence-corrected chi connectivity index (χ1v) is 6.49. The minimum Gasteiger partial charge on any atom is -0.222 e. The lowest BCUT2D eigenvalue weighted by molar-refractivity contribution is -0.814. The Morgan fingerprint density at radius 2 is 2.17 bits per heavy atom. The summed E-state index contributed by atoms with van der Waals surface area (Å²) in [6.45, 7) is 3.85. The highest BCUT2D eigenvalue weighted by Gasteiger charge is 2.41. The number of hydrogen-bond donors (Lipinski definition) is 0. The molecule has 1 aliphatic heterocycles. The predicted octanol–water partition coefficient (Wildman–Crippen LogP) is 2.76. The molecule has 0 saturated carbocycles. The fourth-order valence-corrected chi connectivity index (χ4v) is 2.37. The highest BCUT2D eigenvalue weighted by Crippen LogP contribution is 2.25. The van der Waals surface area contributed by atoms with Gasteiger partial charge in [0, 0.05) is 6.08 Å². The Morgan fingerprint density at radius 1 is 1.39 bits per heavy atom. The second-order valence-electron chi connectivity index (χ2n) is 5.04. The third-order valence-electron chi connectivity index (χ3n) is 3.55. The zero-order valence-electron chi connectivity index (χ0n) is 11.0. The predicted molar refractivity (Wildman–Crippen MR) is 72.4 cm³/mol. The summed E-state index contributed by atoms with van der Waals surface area (Å²) in [5.41, 5.74) is 2.10. The highest BCUT2D eigenvalue weighted by molar-refractivity contribution is 6.11. The Morgan fingerprint density at radius 3 is 2.72 bits per heavy atom. The third kappa shape index (κ3) is 2.04. The molecule has 0 radical (unpaired) electrons. The molecule has 1 heterocycles. The van der Waals surface area contributed by atoms with E-state index in [0.717, 1.165) is 18.6 Å². The molecule has 0 aromatic rings. The molecule has 18 heavy (non-hydrogen) atoms. The summed E-state index contributed by atoms with van der Waals surface area (Å²) in [6, 6.07) is 2.51. The molecule has 2 rings (SSSR count). The minimum atomic E-state index is -0.261. The number of quaternary nitrogens is 1. The van der Waals surface area contributed by atoms with E-state index in [1.54, 1.807) is 12.2 Å². The Bertz CT molecular complexity index is 491. The normalized spacial score (nSPS) is 27.8. The largest absolute Gasteiger partial charge is 0.378 e. The zero-order valence-corrected chi connectivity index (χ0v) is 11.0. The molecule has 1 aliphatic carbocycles. The first kappa shape index (κ1) is 12.8. The van der Waals surface area contributed by atoms with E-state index < -0.39 is 0 Å².